The van der Waals surface area contributed by atoms with Crippen molar-refractivity contribution in [3.63, 3.8) is 0 Å². The molecule has 0 saturated carbocycles. The minimum absolute atomic E-state index is 0.0547. The summed E-state index contributed by atoms with van der Waals surface area (Å²) in [5.74, 6) is -0.535. The van der Waals surface area contributed by atoms with Crippen LogP contribution in [0.25, 0.3) is 0 Å². The number of amides is 2. The molecule has 1 aliphatic rings. The summed E-state index contributed by atoms with van der Waals surface area (Å²) in [6, 6.07) is 9.27. The van der Waals surface area contributed by atoms with E-state index in [1.54, 1.807) is 32.4 Å². The molecule has 0 bridgehead atoms. The van der Waals surface area contributed by atoms with Gasteiger partial charge in [-0.05, 0) is 24.3 Å². The van der Waals surface area contributed by atoms with Gasteiger partial charge in [0.25, 0.3) is 17.5 Å². The second-order valence-electron chi connectivity index (χ2n) is 6.24. The van der Waals surface area contributed by atoms with Crippen molar-refractivity contribution in [1.29, 1.82) is 0 Å². The molecular formula is C18H17ClN3O5+. The summed E-state index contributed by atoms with van der Waals surface area (Å²) in [6.45, 7) is 0.498. The number of carbonyl (C=O) groups excluding carboxylic acids is 2. The Bertz CT molecular complexity index is 947. The Morgan fingerprint density at radius 3 is 2.63 bits per heavy atom. The number of ether oxygens (including phenoxy) is 1. The zero-order chi connectivity index (χ0) is 19.7. The van der Waals surface area contributed by atoms with Crippen molar-refractivity contribution in [2.75, 3.05) is 20.8 Å². The van der Waals surface area contributed by atoms with Gasteiger partial charge >= 0.3 is 0 Å². The van der Waals surface area contributed by atoms with E-state index in [0.717, 1.165) is 15.4 Å². The predicted molar refractivity (Wildman–Crippen MR) is 97.1 cm³/mol. The number of nitrogens with zero attached hydrogens (tertiary/aromatic N) is 2. The predicted octanol–water partition coefficient (Wildman–Crippen LogP) is 1.53. The molecule has 2 aromatic rings. The lowest BCUT2D eigenvalue weighted by Gasteiger charge is -2.21. The highest BCUT2D eigenvalue weighted by molar-refractivity contribution is 6.30. The van der Waals surface area contributed by atoms with Crippen LogP contribution in [0.1, 0.15) is 26.3 Å². The van der Waals surface area contributed by atoms with E-state index in [0.29, 0.717) is 17.3 Å². The van der Waals surface area contributed by atoms with Gasteiger partial charge in [-0.1, -0.05) is 17.7 Å². The second-order valence-corrected chi connectivity index (χ2v) is 6.68. The van der Waals surface area contributed by atoms with Crippen LogP contribution in [0.5, 0.6) is 5.75 Å². The van der Waals surface area contributed by atoms with Crippen molar-refractivity contribution in [2.24, 2.45) is 0 Å². The Kier molecular flexibility index (Phi) is 5.11. The average molecular weight is 391 g/mol. The second kappa shape index (κ2) is 7.34. The number of hydrogen-bond acceptors (Lipinski definition) is 5. The smallest absolute Gasteiger partial charge is 0.282 e. The number of carbonyl (C=O) groups is 2. The summed E-state index contributed by atoms with van der Waals surface area (Å²) in [4.78, 5) is 37.6. The summed E-state index contributed by atoms with van der Waals surface area (Å²) in [5, 5.41) is 11.7. The Hall–Kier alpha value is -2.97. The molecule has 0 aromatic heterocycles. The molecule has 140 valence electrons. The quantitative estimate of drug-likeness (QED) is 0.458. The van der Waals surface area contributed by atoms with Gasteiger partial charge in [-0.25, -0.2) is 4.90 Å². The number of benzene rings is 2. The first-order chi connectivity index (χ1) is 12.8. The van der Waals surface area contributed by atoms with Crippen molar-refractivity contribution < 1.29 is 24.1 Å². The fourth-order valence-electron chi connectivity index (χ4n) is 3.15. The van der Waals surface area contributed by atoms with Gasteiger partial charge in [0, 0.05) is 16.7 Å². The van der Waals surface area contributed by atoms with E-state index in [1.165, 1.54) is 18.2 Å². The van der Waals surface area contributed by atoms with E-state index < -0.39 is 16.7 Å². The number of quaternary nitrogens is 1. The number of nitro groups is 1. The highest BCUT2D eigenvalue weighted by Gasteiger charge is 2.42. The van der Waals surface area contributed by atoms with Crippen LogP contribution in [0.4, 0.5) is 5.69 Å². The normalized spacial score (nSPS) is 14.3. The number of halogens is 1. The average Bonchev–Trinajstić information content (AvgIpc) is 2.87. The van der Waals surface area contributed by atoms with Gasteiger partial charge in [-0.2, -0.15) is 0 Å². The van der Waals surface area contributed by atoms with Crippen molar-refractivity contribution in [3.8, 4) is 5.75 Å². The summed E-state index contributed by atoms with van der Waals surface area (Å²) in [6.07, 6.45) is 0. The van der Waals surface area contributed by atoms with E-state index in [-0.39, 0.29) is 23.5 Å². The fourth-order valence-corrected chi connectivity index (χ4v) is 3.34. The first-order valence-electron chi connectivity index (χ1n) is 8.10. The van der Waals surface area contributed by atoms with E-state index in [9.17, 15) is 19.7 Å². The van der Waals surface area contributed by atoms with Crippen LogP contribution in [-0.4, -0.2) is 42.5 Å². The molecule has 0 fully saturated rings. The molecule has 1 heterocycles. The lowest BCUT2D eigenvalue weighted by molar-refractivity contribution is -0.901. The first-order valence-corrected chi connectivity index (χ1v) is 8.48. The molecule has 1 aliphatic heterocycles. The Balaban J connectivity index is 1.82. The number of nitrogens with one attached hydrogen (secondary N) is 1. The van der Waals surface area contributed by atoms with Gasteiger partial charge in [0.2, 0.25) is 0 Å². The molecule has 0 saturated heterocycles. The van der Waals surface area contributed by atoms with Gasteiger partial charge < -0.3 is 9.64 Å². The third-order valence-corrected chi connectivity index (χ3v) is 4.57. The molecule has 27 heavy (non-hydrogen) atoms. The summed E-state index contributed by atoms with van der Waals surface area (Å²) in [7, 11) is 3.35. The Morgan fingerprint density at radius 2 is 1.96 bits per heavy atom. The van der Waals surface area contributed by atoms with Gasteiger partial charge in [0.1, 0.15) is 17.9 Å². The molecule has 0 aliphatic carbocycles. The SMILES string of the molecule is COc1ccc(Cl)cc1C[NH+](C)CN1C(=O)c2cccc([N+](=O)[O-])c2C1=O. The maximum atomic E-state index is 12.6. The van der Waals surface area contributed by atoms with Gasteiger partial charge in [0.15, 0.2) is 6.67 Å². The van der Waals surface area contributed by atoms with Gasteiger partial charge in [0.05, 0.1) is 24.6 Å². The lowest BCUT2D eigenvalue weighted by Crippen LogP contribution is -3.09. The van der Waals surface area contributed by atoms with Crippen LogP contribution in [-0.2, 0) is 6.54 Å². The number of rotatable bonds is 6. The van der Waals surface area contributed by atoms with Crippen LogP contribution in [0.15, 0.2) is 36.4 Å². The molecule has 1 N–H and O–H groups in total. The van der Waals surface area contributed by atoms with Crippen LogP contribution in [0.2, 0.25) is 5.02 Å². The minimum atomic E-state index is -0.653. The molecule has 8 nitrogen and oxygen atoms in total. The maximum Gasteiger partial charge on any atom is 0.282 e. The first kappa shape index (κ1) is 18.8. The third kappa shape index (κ3) is 3.49. The molecular weight excluding hydrogens is 374 g/mol. The van der Waals surface area contributed by atoms with Crippen LogP contribution in [0, 0.1) is 10.1 Å². The number of methoxy groups -OCH3 is 1. The highest BCUT2D eigenvalue weighted by atomic mass is 35.5. The maximum absolute atomic E-state index is 12.6. The number of hydrogen-bond donors (Lipinski definition) is 1. The number of fused-ring (bicyclic) bond motifs is 1. The molecule has 3 rings (SSSR count). The van der Waals surface area contributed by atoms with E-state index in [4.69, 9.17) is 16.3 Å². The molecule has 0 radical (unpaired) electrons. The van der Waals surface area contributed by atoms with E-state index in [2.05, 4.69) is 0 Å². The topological polar surface area (TPSA) is 94.2 Å². The fraction of sp³-hybridized carbons (Fsp3) is 0.222. The lowest BCUT2D eigenvalue weighted by atomic mass is 10.1. The number of imide groups is 1. The van der Waals surface area contributed by atoms with Gasteiger partial charge in [-0.15, -0.1) is 0 Å². The Labute approximate surface area is 160 Å². The Morgan fingerprint density at radius 1 is 1.22 bits per heavy atom. The molecule has 0 spiro atoms. The standard InChI is InChI=1S/C18H16ClN3O5/c1-20(9-11-8-12(19)6-7-15(11)27-2)10-21-17(23)13-4-3-5-14(22(25)26)16(13)18(21)24/h3-8H,9-10H2,1-2H3/p+1. The molecule has 2 aromatic carbocycles. The zero-order valence-electron chi connectivity index (χ0n) is 14.7. The monoisotopic (exact) mass is 390 g/mol. The summed E-state index contributed by atoms with van der Waals surface area (Å²) < 4.78 is 5.31. The van der Waals surface area contributed by atoms with E-state index >= 15 is 0 Å². The van der Waals surface area contributed by atoms with Crippen LogP contribution < -0.4 is 9.64 Å². The van der Waals surface area contributed by atoms with Crippen molar-refractivity contribution in [1.82, 2.24) is 4.90 Å². The van der Waals surface area contributed by atoms with Crippen LogP contribution >= 0.6 is 11.6 Å². The largest absolute Gasteiger partial charge is 0.496 e. The molecule has 2 amide bonds. The van der Waals surface area contributed by atoms with E-state index in [1.807, 2.05) is 0 Å². The zero-order valence-corrected chi connectivity index (χ0v) is 15.4. The number of nitro benzene ring substituents is 1. The highest BCUT2D eigenvalue weighted by Crippen LogP contribution is 2.30. The molecule has 9 heteroatoms. The summed E-state index contributed by atoms with van der Waals surface area (Å²) in [5.41, 5.74) is 0.371. The van der Waals surface area contributed by atoms with Crippen molar-refractivity contribution >= 4 is 29.1 Å². The third-order valence-electron chi connectivity index (χ3n) is 4.34. The molecule has 1 unspecified atom stereocenters. The van der Waals surface area contributed by atoms with Gasteiger partial charge in [-0.3, -0.25) is 19.7 Å². The summed E-state index contributed by atoms with van der Waals surface area (Å²) >= 11 is 6.03. The minimum Gasteiger partial charge on any atom is -0.496 e. The van der Waals surface area contributed by atoms with Crippen molar-refractivity contribution in [2.45, 2.75) is 6.54 Å². The molecule has 1 atom stereocenters. The van der Waals surface area contributed by atoms with Crippen molar-refractivity contribution in [3.05, 3.63) is 68.2 Å². The van der Waals surface area contributed by atoms with Crippen LogP contribution in [0.3, 0.4) is 0 Å².